The number of nitrogens with two attached hydrogens (primary N) is 1. The summed E-state index contributed by atoms with van der Waals surface area (Å²) < 4.78 is 0. The maximum atomic E-state index is 5.90. The summed E-state index contributed by atoms with van der Waals surface area (Å²) >= 11 is 0. The zero-order chi connectivity index (χ0) is 13.3. The molecular formula is C18H23N. The van der Waals surface area contributed by atoms with E-state index in [2.05, 4.69) is 60.7 Å². The zero-order valence-electron chi connectivity index (χ0n) is 11.5. The molecule has 100 valence electrons. The van der Waals surface area contributed by atoms with Crippen molar-refractivity contribution in [1.82, 2.24) is 0 Å². The largest absolute Gasteiger partial charge is 0.330 e. The fraction of sp³-hybridized carbons (Fsp3) is 0.333. The predicted octanol–water partition coefficient (Wildman–Crippen LogP) is 4.14. The maximum absolute atomic E-state index is 5.90. The molecule has 2 aromatic carbocycles. The molecule has 2 aromatic rings. The lowest BCUT2D eigenvalue weighted by atomic mass is 9.93. The van der Waals surface area contributed by atoms with Crippen LogP contribution in [0.5, 0.6) is 0 Å². The van der Waals surface area contributed by atoms with Crippen LogP contribution in [-0.4, -0.2) is 6.54 Å². The van der Waals surface area contributed by atoms with E-state index in [1.165, 1.54) is 36.8 Å². The summed E-state index contributed by atoms with van der Waals surface area (Å²) in [6.07, 6.45) is 4.85. The first-order valence-corrected chi connectivity index (χ1v) is 7.19. The topological polar surface area (TPSA) is 26.0 Å². The van der Waals surface area contributed by atoms with E-state index in [9.17, 15) is 0 Å². The highest BCUT2D eigenvalue weighted by Gasteiger charge is 2.08. The van der Waals surface area contributed by atoms with E-state index in [-0.39, 0.29) is 0 Å². The van der Waals surface area contributed by atoms with Crippen LogP contribution in [0.25, 0.3) is 0 Å². The van der Waals surface area contributed by atoms with Gasteiger partial charge in [0, 0.05) is 0 Å². The standard InChI is InChI=1S/C18H23N/c19-15-18(17-12-5-2-6-13-17)14-8-7-11-16-9-3-1-4-10-16/h1-6,9-10,12-13,18H,7-8,11,14-15,19H2. The number of rotatable bonds is 7. The summed E-state index contributed by atoms with van der Waals surface area (Å²) in [5.74, 6) is 0.511. The van der Waals surface area contributed by atoms with Gasteiger partial charge in [0.15, 0.2) is 0 Å². The number of benzene rings is 2. The lowest BCUT2D eigenvalue weighted by Gasteiger charge is -2.14. The van der Waals surface area contributed by atoms with Gasteiger partial charge in [0.05, 0.1) is 0 Å². The third kappa shape index (κ3) is 4.53. The molecule has 0 heterocycles. The Bertz CT molecular complexity index is 450. The van der Waals surface area contributed by atoms with Gasteiger partial charge >= 0.3 is 0 Å². The van der Waals surface area contributed by atoms with Crippen LogP contribution in [0.3, 0.4) is 0 Å². The minimum atomic E-state index is 0.511. The molecule has 1 atom stereocenters. The van der Waals surface area contributed by atoms with Gasteiger partial charge in [-0.05, 0) is 42.9 Å². The van der Waals surface area contributed by atoms with Crippen molar-refractivity contribution in [2.75, 3.05) is 6.54 Å². The van der Waals surface area contributed by atoms with E-state index < -0.39 is 0 Å². The molecular weight excluding hydrogens is 230 g/mol. The Balaban J connectivity index is 1.75. The Labute approximate surface area is 116 Å². The molecule has 0 radical (unpaired) electrons. The first-order chi connectivity index (χ1) is 9.40. The second-order valence-corrected chi connectivity index (χ2v) is 5.07. The van der Waals surface area contributed by atoms with Crippen LogP contribution in [0.2, 0.25) is 0 Å². The summed E-state index contributed by atoms with van der Waals surface area (Å²) in [6.45, 7) is 0.745. The van der Waals surface area contributed by atoms with Crippen molar-refractivity contribution in [3.05, 3.63) is 71.8 Å². The molecule has 2 N–H and O–H groups in total. The third-order valence-corrected chi connectivity index (χ3v) is 3.67. The minimum Gasteiger partial charge on any atom is -0.330 e. The van der Waals surface area contributed by atoms with Crippen LogP contribution >= 0.6 is 0 Å². The summed E-state index contributed by atoms with van der Waals surface area (Å²) in [5, 5.41) is 0. The number of aryl methyl sites for hydroxylation is 1. The monoisotopic (exact) mass is 253 g/mol. The SMILES string of the molecule is NCC(CCCCc1ccccc1)c1ccccc1. The fourth-order valence-electron chi connectivity index (χ4n) is 2.51. The van der Waals surface area contributed by atoms with Crippen molar-refractivity contribution in [2.24, 2.45) is 5.73 Å². The molecule has 0 fully saturated rings. The van der Waals surface area contributed by atoms with Crippen LogP contribution in [-0.2, 0) is 6.42 Å². The average molecular weight is 253 g/mol. The first-order valence-electron chi connectivity index (χ1n) is 7.19. The summed E-state index contributed by atoms with van der Waals surface area (Å²) in [7, 11) is 0. The van der Waals surface area contributed by atoms with Gasteiger partial charge < -0.3 is 5.73 Å². The summed E-state index contributed by atoms with van der Waals surface area (Å²) in [6, 6.07) is 21.3. The molecule has 1 nitrogen and oxygen atoms in total. The van der Waals surface area contributed by atoms with Gasteiger partial charge in [0.25, 0.3) is 0 Å². The van der Waals surface area contributed by atoms with Crippen molar-refractivity contribution in [1.29, 1.82) is 0 Å². The van der Waals surface area contributed by atoms with Crippen LogP contribution in [0.1, 0.15) is 36.3 Å². The quantitative estimate of drug-likeness (QED) is 0.737. The maximum Gasteiger partial charge on any atom is -0.000824 e. The first kappa shape index (κ1) is 13.8. The molecule has 0 saturated carbocycles. The Hall–Kier alpha value is -1.60. The van der Waals surface area contributed by atoms with Crippen LogP contribution in [0, 0.1) is 0 Å². The molecule has 1 heteroatoms. The Kier molecular flexibility index (Phi) is 5.64. The highest BCUT2D eigenvalue weighted by atomic mass is 14.5. The molecule has 0 aromatic heterocycles. The lowest BCUT2D eigenvalue weighted by molar-refractivity contribution is 0.577. The van der Waals surface area contributed by atoms with Crippen LogP contribution in [0.15, 0.2) is 60.7 Å². The van der Waals surface area contributed by atoms with Crippen molar-refractivity contribution < 1.29 is 0 Å². The highest BCUT2D eigenvalue weighted by Crippen LogP contribution is 2.21. The second kappa shape index (κ2) is 7.75. The van der Waals surface area contributed by atoms with Gasteiger partial charge in [-0.3, -0.25) is 0 Å². The summed E-state index contributed by atoms with van der Waals surface area (Å²) in [5.41, 5.74) is 8.71. The van der Waals surface area contributed by atoms with E-state index in [1.54, 1.807) is 0 Å². The van der Waals surface area contributed by atoms with E-state index >= 15 is 0 Å². The van der Waals surface area contributed by atoms with E-state index in [0.29, 0.717) is 5.92 Å². The van der Waals surface area contributed by atoms with Crippen LogP contribution < -0.4 is 5.73 Å². The van der Waals surface area contributed by atoms with E-state index in [1.807, 2.05) is 0 Å². The van der Waals surface area contributed by atoms with Crippen molar-refractivity contribution in [3.8, 4) is 0 Å². The number of hydrogen-bond donors (Lipinski definition) is 1. The molecule has 0 aliphatic carbocycles. The van der Waals surface area contributed by atoms with Gasteiger partial charge in [-0.2, -0.15) is 0 Å². The molecule has 0 aliphatic heterocycles. The van der Waals surface area contributed by atoms with Crippen molar-refractivity contribution >= 4 is 0 Å². The lowest BCUT2D eigenvalue weighted by Crippen LogP contribution is -2.12. The average Bonchev–Trinajstić information content (AvgIpc) is 2.49. The van der Waals surface area contributed by atoms with Crippen molar-refractivity contribution in [2.45, 2.75) is 31.6 Å². The Morgan fingerprint density at radius 1 is 0.789 bits per heavy atom. The zero-order valence-corrected chi connectivity index (χ0v) is 11.5. The van der Waals surface area contributed by atoms with E-state index in [4.69, 9.17) is 5.73 Å². The third-order valence-electron chi connectivity index (χ3n) is 3.67. The van der Waals surface area contributed by atoms with Gasteiger partial charge in [-0.1, -0.05) is 67.1 Å². The molecule has 0 bridgehead atoms. The van der Waals surface area contributed by atoms with Gasteiger partial charge in [-0.25, -0.2) is 0 Å². The normalized spacial score (nSPS) is 12.3. The van der Waals surface area contributed by atoms with E-state index in [0.717, 1.165) is 6.54 Å². The van der Waals surface area contributed by atoms with Gasteiger partial charge in [0.2, 0.25) is 0 Å². The highest BCUT2D eigenvalue weighted by molar-refractivity contribution is 5.19. The van der Waals surface area contributed by atoms with Crippen LogP contribution in [0.4, 0.5) is 0 Å². The second-order valence-electron chi connectivity index (χ2n) is 5.07. The molecule has 0 spiro atoms. The Morgan fingerprint density at radius 2 is 1.42 bits per heavy atom. The van der Waals surface area contributed by atoms with Crippen molar-refractivity contribution in [3.63, 3.8) is 0 Å². The fourth-order valence-corrected chi connectivity index (χ4v) is 2.51. The molecule has 2 rings (SSSR count). The minimum absolute atomic E-state index is 0.511. The molecule has 0 amide bonds. The molecule has 0 saturated heterocycles. The number of unbranched alkanes of at least 4 members (excludes halogenated alkanes) is 1. The molecule has 19 heavy (non-hydrogen) atoms. The summed E-state index contributed by atoms with van der Waals surface area (Å²) in [4.78, 5) is 0. The van der Waals surface area contributed by atoms with Gasteiger partial charge in [-0.15, -0.1) is 0 Å². The predicted molar refractivity (Wildman–Crippen MR) is 82.2 cm³/mol. The molecule has 0 aliphatic rings. The number of hydrogen-bond acceptors (Lipinski definition) is 1. The Morgan fingerprint density at radius 3 is 2.05 bits per heavy atom. The molecule has 1 unspecified atom stereocenters. The smallest absolute Gasteiger partial charge is 0.000824 e. The van der Waals surface area contributed by atoms with Gasteiger partial charge in [0.1, 0.15) is 0 Å².